The molecule has 0 spiro atoms. The monoisotopic (exact) mass is 342 g/mol. The third kappa shape index (κ3) is 4.24. The molecule has 0 bridgehead atoms. The number of terminal acetylenes is 1. The summed E-state index contributed by atoms with van der Waals surface area (Å²) >= 11 is 0. The minimum absolute atomic E-state index is 0.292. The van der Waals surface area contributed by atoms with Gasteiger partial charge in [0, 0.05) is 30.5 Å². The van der Waals surface area contributed by atoms with Crippen molar-refractivity contribution in [1.29, 1.82) is 0 Å². The second-order valence-electron chi connectivity index (χ2n) is 5.87. The van der Waals surface area contributed by atoms with E-state index in [4.69, 9.17) is 11.2 Å². The van der Waals surface area contributed by atoms with Gasteiger partial charge in [0.2, 0.25) is 0 Å². The molecule has 0 aromatic heterocycles. The van der Waals surface area contributed by atoms with E-state index in [0.29, 0.717) is 23.1 Å². The highest BCUT2D eigenvalue weighted by atomic mass is 19.1. The van der Waals surface area contributed by atoms with Crippen molar-refractivity contribution in [2.45, 2.75) is 38.7 Å². The third-order valence-corrected chi connectivity index (χ3v) is 4.03. The van der Waals surface area contributed by atoms with Crippen LogP contribution in [0.25, 0.3) is 11.1 Å². The molecular weight excluding hydrogens is 322 g/mol. The quantitative estimate of drug-likeness (QED) is 0.532. The van der Waals surface area contributed by atoms with Crippen molar-refractivity contribution >= 4 is 5.97 Å². The summed E-state index contributed by atoms with van der Waals surface area (Å²) < 4.78 is 32.5. The molecule has 0 fully saturated rings. The summed E-state index contributed by atoms with van der Waals surface area (Å²) in [5.41, 5.74) is 0.401. The highest BCUT2D eigenvalue weighted by Crippen LogP contribution is 2.33. The summed E-state index contributed by atoms with van der Waals surface area (Å²) in [5, 5.41) is 0. The van der Waals surface area contributed by atoms with Crippen molar-refractivity contribution in [3.63, 3.8) is 0 Å². The van der Waals surface area contributed by atoms with Crippen LogP contribution in [-0.4, -0.2) is 5.97 Å². The number of halogens is 2. The van der Waals surface area contributed by atoms with Gasteiger partial charge in [0.1, 0.15) is 11.6 Å². The zero-order valence-corrected chi connectivity index (χ0v) is 14.3. The zero-order valence-electron chi connectivity index (χ0n) is 14.3. The number of hydrogen-bond acceptors (Lipinski definition) is 2. The fourth-order valence-electron chi connectivity index (χ4n) is 2.75. The van der Waals surface area contributed by atoms with E-state index in [0.717, 1.165) is 18.9 Å². The molecule has 2 aromatic rings. The van der Waals surface area contributed by atoms with Crippen LogP contribution in [0.3, 0.4) is 0 Å². The minimum atomic E-state index is -1.14. The SMILES string of the molecule is C#CC(CCCC)(OC(C)=O)c1ccc(-c2ccc(F)cc2F)cc1. The van der Waals surface area contributed by atoms with E-state index < -0.39 is 23.2 Å². The molecule has 1 atom stereocenters. The lowest BCUT2D eigenvalue weighted by Gasteiger charge is -2.28. The predicted molar refractivity (Wildman–Crippen MR) is 93.6 cm³/mol. The first-order chi connectivity index (χ1) is 11.9. The Balaban J connectivity index is 2.40. The van der Waals surface area contributed by atoms with Crippen LogP contribution in [0, 0.1) is 24.0 Å². The topological polar surface area (TPSA) is 26.3 Å². The maximum atomic E-state index is 13.9. The second kappa shape index (κ2) is 7.94. The summed E-state index contributed by atoms with van der Waals surface area (Å²) in [6, 6.07) is 10.2. The van der Waals surface area contributed by atoms with Gasteiger partial charge in [-0.25, -0.2) is 8.78 Å². The molecule has 0 saturated carbocycles. The van der Waals surface area contributed by atoms with E-state index in [1.165, 1.54) is 19.1 Å². The molecule has 130 valence electrons. The minimum Gasteiger partial charge on any atom is -0.442 e. The molecule has 0 aliphatic rings. The molecule has 0 aliphatic heterocycles. The second-order valence-corrected chi connectivity index (χ2v) is 5.87. The number of unbranched alkanes of at least 4 members (excludes halogenated alkanes) is 1. The lowest BCUT2D eigenvalue weighted by molar-refractivity contribution is -0.153. The Bertz CT molecular complexity index is 791. The number of ether oxygens (including phenoxy) is 1. The highest BCUT2D eigenvalue weighted by molar-refractivity contribution is 5.68. The van der Waals surface area contributed by atoms with Gasteiger partial charge in [-0.15, -0.1) is 6.42 Å². The van der Waals surface area contributed by atoms with Crippen LogP contribution in [0.1, 0.15) is 38.7 Å². The van der Waals surface area contributed by atoms with Gasteiger partial charge in [0.25, 0.3) is 0 Å². The number of esters is 1. The number of carbonyl (C=O) groups excluding carboxylic acids is 1. The number of rotatable bonds is 6. The standard InChI is InChI=1S/C21H20F2O2/c1-4-6-13-21(5-2,25-15(3)24)17-9-7-16(8-10-17)19-12-11-18(22)14-20(19)23/h2,7-12,14H,4,6,13H2,1,3H3. The fraction of sp³-hybridized carbons (Fsp3) is 0.286. The Morgan fingerprint density at radius 3 is 2.40 bits per heavy atom. The van der Waals surface area contributed by atoms with Crippen molar-refractivity contribution in [2.75, 3.05) is 0 Å². The average molecular weight is 342 g/mol. The first-order valence-corrected chi connectivity index (χ1v) is 8.15. The van der Waals surface area contributed by atoms with Gasteiger partial charge in [-0.3, -0.25) is 4.79 Å². The average Bonchev–Trinajstić information content (AvgIpc) is 2.58. The molecular formula is C21H20F2O2. The van der Waals surface area contributed by atoms with Crippen LogP contribution in [0.5, 0.6) is 0 Å². The number of benzene rings is 2. The van der Waals surface area contributed by atoms with E-state index in [2.05, 4.69) is 5.92 Å². The number of carbonyl (C=O) groups is 1. The van der Waals surface area contributed by atoms with Crippen LogP contribution in [0.4, 0.5) is 8.78 Å². The van der Waals surface area contributed by atoms with Crippen molar-refractivity contribution < 1.29 is 18.3 Å². The Labute approximate surface area is 146 Å². The van der Waals surface area contributed by atoms with Crippen molar-refractivity contribution in [1.82, 2.24) is 0 Å². The molecule has 2 nitrogen and oxygen atoms in total. The Morgan fingerprint density at radius 2 is 1.88 bits per heavy atom. The van der Waals surface area contributed by atoms with E-state index in [1.54, 1.807) is 24.3 Å². The summed E-state index contributed by atoms with van der Waals surface area (Å²) in [6.45, 7) is 3.34. The van der Waals surface area contributed by atoms with E-state index in [-0.39, 0.29) is 0 Å². The lowest BCUT2D eigenvalue weighted by Crippen LogP contribution is -2.30. The molecule has 2 rings (SSSR count). The van der Waals surface area contributed by atoms with Gasteiger partial charge in [-0.2, -0.15) is 0 Å². The zero-order chi connectivity index (χ0) is 18.4. The van der Waals surface area contributed by atoms with Crippen molar-refractivity contribution in [2.24, 2.45) is 0 Å². The fourth-order valence-corrected chi connectivity index (χ4v) is 2.75. The molecule has 25 heavy (non-hydrogen) atoms. The summed E-state index contributed by atoms with van der Waals surface area (Å²) in [5.74, 6) is 0.890. The van der Waals surface area contributed by atoms with Gasteiger partial charge < -0.3 is 4.74 Å². The van der Waals surface area contributed by atoms with Crippen LogP contribution in [0.2, 0.25) is 0 Å². The van der Waals surface area contributed by atoms with Crippen LogP contribution >= 0.6 is 0 Å². The molecule has 0 saturated heterocycles. The first kappa shape index (κ1) is 18.7. The predicted octanol–water partition coefficient (Wildman–Crippen LogP) is 5.21. The van der Waals surface area contributed by atoms with Gasteiger partial charge in [-0.1, -0.05) is 43.5 Å². The Kier molecular flexibility index (Phi) is 5.93. The smallest absolute Gasteiger partial charge is 0.304 e. The summed E-state index contributed by atoms with van der Waals surface area (Å²) in [7, 11) is 0. The molecule has 0 radical (unpaired) electrons. The molecule has 4 heteroatoms. The molecule has 0 amide bonds. The number of hydrogen-bond donors (Lipinski definition) is 0. The highest BCUT2D eigenvalue weighted by Gasteiger charge is 2.33. The van der Waals surface area contributed by atoms with Crippen LogP contribution < -0.4 is 0 Å². The maximum Gasteiger partial charge on any atom is 0.304 e. The van der Waals surface area contributed by atoms with Crippen LogP contribution in [0.15, 0.2) is 42.5 Å². The third-order valence-electron chi connectivity index (χ3n) is 4.03. The van der Waals surface area contributed by atoms with E-state index in [9.17, 15) is 13.6 Å². The molecule has 1 unspecified atom stereocenters. The maximum absolute atomic E-state index is 13.9. The molecule has 0 N–H and O–H groups in total. The van der Waals surface area contributed by atoms with Crippen molar-refractivity contribution in [3.8, 4) is 23.5 Å². The lowest BCUT2D eigenvalue weighted by atomic mass is 9.88. The molecule has 0 aliphatic carbocycles. The van der Waals surface area contributed by atoms with Gasteiger partial charge in [-0.05, 0) is 24.1 Å². The van der Waals surface area contributed by atoms with Crippen molar-refractivity contribution in [3.05, 3.63) is 59.7 Å². The van der Waals surface area contributed by atoms with E-state index >= 15 is 0 Å². The Morgan fingerprint density at radius 1 is 1.20 bits per heavy atom. The molecule has 0 heterocycles. The van der Waals surface area contributed by atoms with Gasteiger partial charge >= 0.3 is 5.97 Å². The van der Waals surface area contributed by atoms with E-state index in [1.807, 2.05) is 6.92 Å². The Hall–Kier alpha value is -2.67. The van der Waals surface area contributed by atoms with Gasteiger partial charge in [0.15, 0.2) is 5.60 Å². The first-order valence-electron chi connectivity index (χ1n) is 8.15. The normalized spacial score (nSPS) is 12.9. The van der Waals surface area contributed by atoms with Gasteiger partial charge in [0.05, 0.1) is 0 Å². The summed E-state index contributed by atoms with van der Waals surface area (Å²) in [4.78, 5) is 11.5. The largest absolute Gasteiger partial charge is 0.442 e. The summed E-state index contributed by atoms with van der Waals surface area (Å²) in [6.07, 6.45) is 7.90. The molecule has 2 aromatic carbocycles. The van der Waals surface area contributed by atoms with Crippen LogP contribution in [-0.2, 0) is 15.1 Å².